The number of esters is 1. The number of Topliss-reactive ketones (excluding diaryl/α,β-unsaturated/α-hetero) is 1. The van der Waals surface area contributed by atoms with Crippen LogP contribution in [0.1, 0.15) is 77.4 Å². The molecule has 0 aromatic carbocycles. The van der Waals surface area contributed by atoms with Crippen LogP contribution in [0, 0.1) is 24.2 Å². The van der Waals surface area contributed by atoms with E-state index in [-0.39, 0.29) is 43.3 Å². The molecule has 3 aliphatic rings. The highest BCUT2D eigenvalue weighted by atomic mass is 32.2. The molecular formula is C30H47N3O8S2. The number of carbonyl (C=O) groups excluding carboxylic acids is 2. The second kappa shape index (κ2) is 13.7. The lowest BCUT2D eigenvalue weighted by Crippen LogP contribution is -2.45. The largest absolute Gasteiger partial charge is 0.458 e. The zero-order valence-electron chi connectivity index (χ0n) is 26.1. The number of ketones is 1. The summed E-state index contributed by atoms with van der Waals surface area (Å²) in [6.45, 7) is 11.7. The average molecular weight is 642 g/mol. The second-order valence-corrected chi connectivity index (χ2v) is 15.8. The van der Waals surface area contributed by atoms with E-state index in [0.717, 1.165) is 10.7 Å². The maximum atomic E-state index is 13.7. The molecular weight excluding hydrogens is 594 g/mol. The van der Waals surface area contributed by atoms with Gasteiger partial charge < -0.3 is 19.7 Å². The van der Waals surface area contributed by atoms with E-state index < -0.39 is 52.2 Å². The number of aryl methyl sites for hydroxylation is 1. The van der Waals surface area contributed by atoms with Crippen molar-refractivity contribution in [2.45, 2.75) is 104 Å². The summed E-state index contributed by atoms with van der Waals surface area (Å²) in [5, 5.41) is 24.9. The number of morpholine rings is 1. The molecule has 0 aliphatic carbocycles. The van der Waals surface area contributed by atoms with Crippen LogP contribution in [-0.4, -0.2) is 101 Å². The molecule has 1 aromatic rings. The molecule has 242 valence electrons. The highest BCUT2D eigenvalue weighted by Crippen LogP contribution is 2.42. The lowest BCUT2D eigenvalue weighted by Gasteiger charge is -2.34. The molecule has 2 unspecified atom stereocenters. The lowest BCUT2D eigenvalue weighted by atomic mass is 9.73. The lowest BCUT2D eigenvalue weighted by molar-refractivity contribution is -0.154. The smallest absolute Gasteiger partial charge is 0.309 e. The van der Waals surface area contributed by atoms with Gasteiger partial charge in [0.15, 0.2) is 0 Å². The highest BCUT2D eigenvalue weighted by molar-refractivity contribution is 7.87. The monoisotopic (exact) mass is 641 g/mol. The van der Waals surface area contributed by atoms with E-state index in [4.69, 9.17) is 9.47 Å². The fourth-order valence-corrected chi connectivity index (χ4v) is 8.85. The minimum atomic E-state index is -3.77. The molecule has 8 atom stereocenters. The van der Waals surface area contributed by atoms with E-state index in [1.807, 2.05) is 32.2 Å². The van der Waals surface area contributed by atoms with Crippen LogP contribution in [0.4, 0.5) is 0 Å². The number of rotatable bonds is 4. The van der Waals surface area contributed by atoms with Crippen LogP contribution in [0.3, 0.4) is 0 Å². The van der Waals surface area contributed by atoms with E-state index >= 15 is 0 Å². The van der Waals surface area contributed by atoms with Gasteiger partial charge in [0.2, 0.25) is 0 Å². The number of hydrogen-bond acceptors (Lipinski definition) is 10. The number of fused-ring (bicyclic) bond motifs is 1. The molecule has 4 heterocycles. The molecule has 13 heteroatoms. The zero-order chi connectivity index (χ0) is 31.7. The summed E-state index contributed by atoms with van der Waals surface area (Å²) in [5.41, 5.74) is 0.144. The van der Waals surface area contributed by atoms with E-state index in [0.29, 0.717) is 38.0 Å². The molecule has 3 saturated heterocycles. The minimum Gasteiger partial charge on any atom is -0.458 e. The van der Waals surface area contributed by atoms with Crippen LogP contribution in [0.5, 0.6) is 0 Å². The summed E-state index contributed by atoms with van der Waals surface area (Å²) in [6, 6.07) is -0.676. The Bertz CT molecular complexity index is 1290. The number of carbonyl (C=O) groups is 2. The summed E-state index contributed by atoms with van der Waals surface area (Å²) >= 11 is 1.50. The number of aliphatic hydroxyl groups excluding tert-OH is 2. The number of cyclic esters (lactones) is 1. The molecule has 3 fully saturated rings. The van der Waals surface area contributed by atoms with Gasteiger partial charge in [-0.15, -0.1) is 11.3 Å². The summed E-state index contributed by atoms with van der Waals surface area (Å²) in [5.74, 6) is -1.98. The Labute approximate surface area is 259 Å². The zero-order valence-corrected chi connectivity index (χ0v) is 27.7. The molecule has 0 saturated carbocycles. The van der Waals surface area contributed by atoms with Crippen molar-refractivity contribution < 1.29 is 37.7 Å². The van der Waals surface area contributed by atoms with Crippen LogP contribution < -0.4 is 0 Å². The molecule has 0 radical (unpaired) electrons. The molecule has 4 rings (SSSR count). The van der Waals surface area contributed by atoms with Gasteiger partial charge in [-0.2, -0.15) is 17.0 Å². The van der Waals surface area contributed by atoms with Crippen molar-refractivity contribution in [2.75, 3.05) is 26.3 Å². The maximum Gasteiger partial charge on any atom is 0.309 e. The van der Waals surface area contributed by atoms with Gasteiger partial charge in [-0.05, 0) is 44.3 Å². The Morgan fingerprint density at radius 1 is 1.14 bits per heavy atom. The van der Waals surface area contributed by atoms with Crippen LogP contribution in [0.2, 0.25) is 0 Å². The van der Waals surface area contributed by atoms with Gasteiger partial charge in [0.1, 0.15) is 11.9 Å². The molecule has 3 aliphatic heterocycles. The summed E-state index contributed by atoms with van der Waals surface area (Å²) in [4.78, 5) is 31.1. The van der Waals surface area contributed by atoms with Gasteiger partial charge >= 0.3 is 5.97 Å². The van der Waals surface area contributed by atoms with Crippen molar-refractivity contribution in [1.29, 1.82) is 0 Å². The topological polar surface area (TPSA) is 146 Å². The van der Waals surface area contributed by atoms with E-state index in [2.05, 4.69) is 4.98 Å². The van der Waals surface area contributed by atoms with Crippen LogP contribution in [0.15, 0.2) is 11.0 Å². The third-order valence-electron chi connectivity index (χ3n) is 9.32. The van der Waals surface area contributed by atoms with Crippen molar-refractivity contribution in [1.82, 2.24) is 13.6 Å². The number of nitrogens with zero attached hydrogens (tertiary/aromatic N) is 3. The first-order chi connectivity index (χ1) is 20.1. The summed E-state index contributed by atoms with van der Waals surface area (Å²) in [6.07, 6.45) is 0.483. The van der Waals surface area contributed by atoms with Gasteiger partial charge in [0.25, 0.3) is 10.2 Å². The van der Waals surface area contributed by atoms with E-state index in [1.54, 1.807) is 20.8 Å². The fourth-order valence-electron chi connectivity index (χ4n) is 6.30. The first kappa shape index (κ1) is 34.1. The molecule has 11 nitrogen and oxygen atoms in total. The van der Waals surface area contributed by atoms with Crippen LogP contribution in [-0.2, 0) is 29.3 Å². The Morgan fingerprint density at radius 3 is 2.44 bits per heavy atom. The number of aromatic nitrogens is 1. The molecule has 0 bridgehead atoms. The Balaban J connectivity index is 1.66. The minimum absolute atomic E-state index is 0.217. The molecule has 2 N–H and O–H groups in total. The quantitative estimate of drug-likeness (QED) is 0.374. The van der Waals surface area contributed by atoms with Crippen molar-refractivity contribution in [3.8, 4) is 0 Å². The third kappa shape index (κ3) is 7.74. The number of thiazole rings is 1. The van der Waals surface area contributed by atoms with E-state index in [1.165, 1.54) is 19.9 Å². The number of aliphatic hydroxyl groups is 2. The predicted molar refractivity (Wildman–Crippen MR) is 163 cm³/mol. The Hall–Kier alpha value is -1.74. The van der Waals surface area contributed by atoms with Gasteiger partial charge in [0, 0.05) is 42.9 Å². The van der Waals surface area contributed by atoms with Crippen LogP contribution >= 0.6 is 11.3 Å². The van der Waals surface area contributed by atoms with Crippen LogP contribution in [0.25, 0.3) is 6.08 Å². The highest BCUT2D eigenvalue weighted by Gasteiger charge is 2.57. The molecule has 0 amide bonds. The maximum absolute atomic E-state index is 13.7. The van der Waals surface area contributed by atoms with Gasteiger partial charge in [-0.1, -0.05) is 34.1 Å². The SMILES string of the molecule is C/C(=C\c1csc(C)n1)[C@@H]1C[C@H]2[C@@H](CCC[C@H](C)C(O)[C@@H](C)C(=O)C(C)(C)[C@@H](O)CC(=O)O1)N2S(=O)(=O)N1CCOCC1. The number of hydrogen-bond donors (Lipinski definition) is 2. The normalized spacial score (nSPS) is 35.7. The van der Waals surface area contributed by atoms with Crippen molar-refractivity contribution >= 4 is 39.4 Å². The predicted octanol–water partition coefficient (Wildman–Crippen LogP) is 2.95. The van der Waals surface area contributed by atoms with E-state index in [9.17, 15) is 28.2 Å². The Morgan fingerprint density at radius 2 is 1.81 bits per heavy atom. The second-order valence-electron chi connectivity index (χ2n) is 12.9. The first-order valence-electron chi connectivity index (χ1n) is 15.2. The molecule has 1 aromatic heterocycles. The van der Waals surface area contributed by atoms with Gasteiger partial charge in [0.05, 0.1) is 48.0 Å². The summed E-state index contributed by atoms with van der Waals surface area (Å²) < 4.78 is 41.8. The van der Waals surface area contributed by atoms with Gasteiger partial charge in [-0.25, -0.2) is 4.98 Å². The van der Waals surface area contributed by atoms with Crippen molar-refractivity contribution in [2.24, 2.45) is 17.3 Å². The molecule has 0 spiro atoms. The fraction of sp³-hybridized carbons (Fsp3) is 0.767. The standard InChI is InChI=1S/C30H47N3O8S2/c1-18-8-7-9-23-24(33(23)43(38,39)32-10-12-40-13-11-32)15-25(19(2)14-22-17-42-21(4)31-22)41-27(35)16-26(34)30(5,6)29(37)20(3)28(18)36/h14,17-18,20,23-26,28,34,36H,7-13,15-16H2,1-6H3/b19-14+/t18-,20+,23+,24-,25-,26-,28?,33?/m0/s1. The summed E-state index contributed by atoms with van der Waals surface area (Å²) in [7, 11) is -3.77. The van der Waals surface area contributed by atoms with Crippen molar-refractivity contribution in [3.63, 3.8) is 0 Å². The third-order valence-corrected chi connectivity index (χ3v) is 12.2. The average Bonchev–Trinajstić information content (AvgIpc) is 3.50. The Kier molecular flexibility index (Phi) is 10.9. The molecule has 43 heavy (non-hydrogen) atoms. The van der Waals surface area contributed by atoms with Crippen molar-refractivity contribution in [3.05, 3.63) is 21.7 Å². The number of ether oxygens (including phenoxy) is 2. The van der Waals surface area contributed by atoms with Gasteiger partial charge in [-0.3, -0.25) is 9.59 Å². The first-order valence-corrected chi connectivity index (χ1v) is 17.5.